The van der Waals surface area contributed by atoms with Gasteiger partial charge in [0, 0.05) is 17.5 Å². The van der Waals surface area contributed by atoms with Crippen LogP contribution in [0.25, 0.3) is 0 Å². The van der Waals surface area contributed by atoms with Gasteiger partial charge in [-0.05, 0) is 30.2 Å². The number of anilines is 1. The Morgan fingerprint density at radius 2 is 2.09 bits per heavy atom. The topological polar surface area (TPSA) is 38.3 Å². The molecule has 0 saturated carbocycles. The van der Waals surface area contributed by atoms with E-state index in [2.05, 4.69) is 31.0 Å². The molecule has 0 unspecified atom stereocenters. The summed E-state index contributed by atoms with van der Waals surface area (Å²) in [5.74, 6) is 1.97. The van der Waals surface area contributed by atoms with Gasteiger partial charge in [-0.1, -0.05) is 43.0 Å². The first kappa shape index (κ1) is 17.2. The molecule has 23 heavy (non-hydrogen) atoms. The molecule has 1 amide bonds. The van der Waals surface area contributed by atoms with E-state index in [4.69, 9.17) is 4.74 Å². The SMILES string of the molecule is C=CCOc1cccc(NC(=O)CSCc2ccccc2C)c1. The van der Waals surface area contributed by atoms with E-state index in [1.807, 2.05) is 36.4 Å². The molecule has 0 bridgehead atoms. The predicted octanol–water partition coefficient (Wildman–Crippen LogP) is 4.43. The van der Waals surface area contributed by atoms with E-state index in [-0.39, 0.29) is 5.91 Å². The average Bonchev–Trinajstić information content (AvgIpc) is 2.55. The van der Waals surface area contributed by atoms with Gasteiger partial charge in [0.15, 0.2) is 0 Å². The minimum Gasteiger partial charge on any atom is -0.489 e. The van der Waals surface area contributed by atoms with E-state index >= 15 is 0 Å². The standard InChI is InChI=1S/C19H21NO2S/c1-3-11-22-18-10-6-9-17(12-18)20-19(21)14-23-13-16-8-5-4-7-15(16)2/h3-10,12H,1,11,13-14H2,2H3,(H,20,21). The number of carbonyl (C=O) groups is 1. The Kier molecular flexibility index (Phi) is 6.76. The van der Waals surface area contributed by atoms with Crippen molar-refractivity contribution >= 4 is 23.4 Å². The van der Waals surface area contributed by atoms with E-state index < -0.39 is 0 Å². The Balaban J connectivity index is 1.80. The van der Waals surface area contributed by atoms with Crippen molar-refractivity contribution in [3.8, 4) is 5.75 Å². The molecule has 2 rings (SSSR count). The van der Waals surface area contributed by atoms with Gasteiger partial charge in [0.2, 0.25) is 5.91 Å². The molecule has 0 aromatic heterocycles. The largest absolute Gasteiger partial charge is 0.489 e. The summed E-state index contributed by atoms with van der Waals surface area (Å²) in [6.07, 6.45) is 1.69. The molecule has 0 heterocycles. The van der Waals surface area contributed by atoms with Gasteiger partial charge in [-0.15, -0.1) is 11.8 Å². The zero-order chi connectivity index (χ0) is 16.5. The van der Waals surface area contributed by atoms with Crippen molar-refractivity contribution in [1.29, 1.82) is 0 Å². The number of thioether (sulfide) groups is 1. The normalized spacial score (nSPS) is 10.1. The van der Waals surface area contributed by atoms with Crippen LogP contribution in [0.5, 0.6) is 5.75 Å². The molecule has 0 aliphatic heterocycles. The highest BCUT2D eigenvalue weighted by molar-refractivity contribution is 7.99. The van der Waals surface area contributed by atoms with Gasteiger partial charge < -0.3 is 10.1 Å². The second-order valence-electron chi connectivity index (χ2n) is 5.09. The Morgan fingerprint density at radius 3 is 2.87 bits per heavy atom. The van der Waals surface area contributed by atoms with Crippen LogP contribution < -0.4 is 10.1 Å². The average molecular weight is 327 g/mol. The molecule has 120 valence electrons. The first-order chi connectivity index (χ1) is 11.2. The summed E-state index contributed by atoms with van der Waals surface area (Å²) < 4.78 is 5.45. The van der Waals surface area contributed by atoms with Crippen LogP contribution in [0.15, 0.2) is 61.2 Å². The summed E-state index contributed by atoms with van der Waals surface area (Å²) in [5, 5.41) is 2.89. The molecule has 2 aromatic carbocycles. The lowest BCUT2D eigenvalue weighted by Gasteiger charge is -2.08. The lowest BCUT2D eigenvalue weighted by molar-refractivity contribution is -0.113. The molecule has 0 radical (unpaired) electrons. The number of carbonyl (C=O) groups excluding carboxylic acids is 1. The van der Waals surface area contributed by atoms with Gasteiger partial charge in [-0.2, -0.15) is 0 Å². The van der Waals surface area contributed by atoms with E-state index in [0.29, 0.717) is 12.4 Å². The van der Waals surface area contributed by atoms with Gasteiger partial charge >= 0.3 is 0 Å². The van der Waals surface area contributed by atoms with Crippen molar-refractivity contribution in [1.82, 2.24) is 0 Å². The molecular weight excluding hydrogens is 306 g/mol. The lowest BCUT2D eigenvalue weighted by atomic mass is 10.1. The minimum absolute atomic E-state index is 0.00976. The third kappa shape index (κ3) is 5.83. The molecular formula is C19H21NO2S. The van der Waals surface area contributed by atoms with Crippen LogP contribution in [0, 0.1) is 6.92 Å². The number of aryl methyl sites for hydroxylation is 1. The number of nitrogens with one attached hydrogen (secondary N) is 1. The highest BCUT2D eigenvalue weighted by atomic mass is 32.2. The van der Waals surface area contributed by atoms with Crippen LogP contribution in [-0.4, -0.2) is 18.3 Å². The monoisotopic (exact) mass is 327 g/mol. The zero-order valence-electron chi connectivity index (χ0n) is 13.2. The first-order valence-electron chi connectivity index (χ1n) is 7.45. The van der Waals surface area contributed by atoms with Crippen molar-refractivity contribution in [3.05, 3.63) is 72.3 Å². The third-order valence-corrected chi connectivity index (χ3v) is 4.22. The Labute approximate surface area is 141 Å². The maximum absolute atomic E-state index is 12.0. The number of hydrogen-bond donors (Lipinski definition) is 1. The fourth-order valence-electron chi connectivity index (χ4n) is 2.04. The quantitative estimate of drug-likeness (QED) is 0.729. The van der Waals surface area contributed by atoms with Crippen LogP contribution in [-0.2, 0) is 10.5 Å². The molecule has 4 heteroatoms. The molecule has 0 aliphatic carbocycles. The number of amides is 1. The van der Waals surface area contributed by atoms with Gasteiger partial charge in [-0.3, -0.25) is 4.79 Å². The van der Waals surface area contributed by atoms with Gasteiger partial charge in [-0.25, -0.2) is 0 Å². The second-order valence-corrected chi connectivity index (χ2v) is 6.08. The van der Waals surface area contributed by atoms with Crippen LogP contribution in [0.3, 0.4) is 0 Å². The lowest BCUT2D eigenvalue weighted by Crippen LogP contribution is -2.14. The highest BCUT2D eigenvalue weighted by Crippen LogP contribution is 2.19. The van der Waals surface area contributed by atoms with E-state index in [9.17, 15) is 4.79 Å². The highest BCUT2D eigenvalue weighted by Gasteiger charge is 2.05. The molecule has 0 saturated heterocycles. The van der Waals surface area contributed by atoms with E-state index in [1.165, 1.54) is 11.1 Å². The van der Waals surface area contributed by atoms with Gasteiger partial charge in [0.25, 0.3) is 0 Å². The molecule has 0 atom stereocenters. The summed E-state index contributed by atoms with van der Waals surface area (Å²) >= 11 is 1.61. The second kappa shape index (κ2) is 9.06. The maximum Gasteiger partial charge on any atom is 0.234 e. The van der Waals surface area contributed by atoms with E-state index in [1.54, 1.807) is 17.8 Å². The van der Waals surface area contributed by atoms with Crippen LogP contribution in [0.1, 0.15) is 11.1 Å². The number of benzene rings is 2. The molecule has 0 spiro atoms. The van der Waals surface area contributed by atoms with Crippen molar-refractivity contribution < 1.29 is 9.53 Å². The number of ether oxygens (including phenoxy) is 1. The minimum atomic E-state index is -0.00976. The van der Waals surface area contributed by atoms with Gasteiger partial charge in [0.05, 0.1) is 5.75 Å². The molecule has 0 fully saturated rings. The molecule has 2 aromatic rings. The van der Waals surface area contributed by atoms with E-state index in [0.717, 1.165) is 17.2 Å². The van der Waals surface area contributed by atoms with Crippen molar-refractivity contribution in [2.75, 3.05) is 17.7 Å². The molecule has 3 nitrogen and oxygen atoms in total. The summed E-state index contributed by atoms with van der Waals surface area (Å²) in [6, 6.07) is 15.6. The van der Waals surface area contributed by atoms with Crippen molar-refractivity contribution in [3.63, 3.8) is 0 Å². The van der Waals surface area contributed by atoms with Crippen molar-refractivity contribution in [2.24, 2.45) is 0 Å². The van der Waals surface area contributed by atoms with Crippen LogP contribution in [0.2, 0.25) is 0 Å². The van der Waals surface area contributed by atoms with Crippen molar-refractivity contribution in [2.45, 2.75) is 12.7 Å². The van der Waals surface area contributed by atoms with Crippen LogP contribution >= 0.6 is 11.8 Å². The van der Waals surface area contributed by atoms with Crippen LogP contribution in [0.4, 0.5) is 5.69 Å². The number of rotatable bonds is 8. The Morgan fingerprint density at radius 1 is 1.26 bits per heavy atom. The molecule has 1 N–H and O–H groups in total. The maximum atomic E-state index is 12.0. The summed E-state index contributed by atoms with van der Waals surface area (Å²) in [5.41, 5.74) is 3.27. The fourth-order valence-corrected chi connectivity index (χ4v) is 2.95. The zero-order valence-corrected chi connectivity index (χ0v) is 14.1. The Hall–Kier alpha value is -2.20. The fraction of sp³-hybridized carbons (Fsp3) is 0.211. The Bertz CT molecular complexity index is 670. The summed E-state index contributed by atoms with van der Waals surface area (Å²) in [4.78, 5) is 12.0. The third-order valence-electron chi connectivity index (χ3n) is 3.24. The predicted molar refractivity (Wildman–Crippen MR) is 98.1 cm³/mol. The number of hydrogen-bond acceptors (Lipinski definition) is 3. The summed E-state index contributed by atoms with van der Waals surface area (Å²) in [7, 11) is 0. The summed E-state index contributed by atoms with van der Waals surface area (Å²) in [6.45, 7) is 6.15. The molecule has 0 aliphatic rings. The van der Waals surface area contributed by atoms with Gasteiger partial charge in [0.1, 0.15) is 12.4 Å². The first-order valence-corrected chi connectivity index (χ1v) is 8.60. The smallest absolute Gasteiger partial charge is 0.234 e.